The fourth-order valence-electron chi connectivity index (χ4n) is 3.11. The molecule has 2 rings (SSSR count). The monoisotopic (exact) mass is 282 g/mol. The highest BCUT2D eigenvalue weighted by Crippen LogP contribution is 2.25. The molecule has 1 amide bonds. The Morgan fingerprint density at radius 2 is 1.90 bits per heavy atom. The van der Waals surface area contributed by atoms with E-state index in [0.717, 1.165) is 51.5 Å². The molecule has 2 N–H and O–H groups in total. The van der Waals surface area contributed by atoms with Crippen LogP contribution >= 0.6 is 0 Å². The van der Waals surface area contributed by atoms with Crippen molar-refractivity contribution in [2.75, 3.05) is 13.2 Å². The van der Waals surface area contributed by atoms with Crippen LogP contribution in [0.5, 0.6) is 0 Å². The zero-order valence-electron chi connectivity index (χ0n) is 12.3. The average molecular weight is 282 g/mol. The van der Waals surface area contributed by atoms with Crippen molar-refractivity contribution < 1.29 is 14.3 Å². The van der Waals surface area contributed by atoms with Gasteiger partial charge in [0.2, 0.25) is 5.91 Å². The van der Waals surface area contributed by atoms with Gasteiger partial charge in [-0.05, 0) is 52.0 Å². The van der Waals surface area contributed by atoms with E-state index in [9.17, 15) is 9.59 Å². The summed E-state index contributed by atoms with van der Waals surface area (Å²) in [6, 6.07) is 0.198. The number of piperidine rings is 1. The lowest BCUT2D eigenvalue weighted by molar-refractivity contribution is -0.149. The number of esters is 1. The Morgan fingerprint density at radius 1 is 1.15 bits per heavy atom. The average Bonchev–Trinajstić information content (AvgIpc) is 2.49. The van der Waals surface area contributed by atoms with Gasteiger partial charge >= 0.3 is 5.97 Å². The first-order valence-electron chi connectivity index (χ1n) is 7.91. The summed E-state index contributed by atoms with van der Waals surface area (Å²) in [6.45, 7) is 3.22. The molecule has 0 aromatic carbocycles. The Morgan fingerprint density at radius 3 is 2.50 bits per heavy atom. The van der Waals surface area contributed by atoms with Crippen LogP contribution < -0.4 is 10.6 Å². The number of hydrogen-bond acceptors (Lipinski definition) is 4. The minimum atomic E-state index is -0.0776. The summed E-state index contributed by atoms with van der Waals surface area (Å²) in [7, 11) is 0. The number of rotatable bonds is 4. The summed E-state index contributed by atoms with van der Waals surface area (Å²) < 4.78 is 5.06. The number of hydrogen-bond donors (Lipinski definition) is 2. The molecule has 1 atom stereocenters. The Bertz CT molecular complexity index is 332. The third-order valence-electron chi connectivity index (χ3n) is 4.32. The molecule has 1 saturated heterocycles. The second-order valence-corrected chi connectivity index (χ2v) is 5.81. The molecule has 0 radical (unpaired) electrons. The number of nitrogens with one attached hydrogen (secondary N) is 2. The van der Waals surface area contributed by atoms with Crippen molar-refractivity contribution >= 4 is 11.9 Å². The van der Waals surface area contributed by atoms with Crippen molar-refractivity contribution in [3.63, 3.8) is 0 Å². The maximum absolute atomic E-state index is 12.1. The molecule has 114 valence electrons. The molecule has 5 nitrogen and oxygen atoms in total. The first-order chi connectivity index (χ1) is 9.70. The highest BCUT2D eigenvalue weighted by atomic mass is 16.5. The summed E-state index contributed by atoms with van der Waals surface area (Å²) in [6.07, 6.45) is 6.62. The highest BCUT2D eigenvalue weighted by Gasteiger charge is 2.29. The van der Waals surface area contributed by atoms with E-state index in [1.807, 2.05) is 6.92 Å². The molecule has 5 heteroatoms. The van der Waals surface area contributed by atoms with E-state index in [2.05, 4.69) is 10.6 Å². The molecule has 0 aromatic rings. The van der Waals surface area contributed by atoms with E-state index in [4.69, 9.17) is 4.74 Å². The molecule has 0 bridgehead atoms. The lowest BCUT2D eigenvalue weighted by Gasteiger charge is -2.30. The van der Waals surface area contributed by atoms with E-state index < -0.39 is 0 Å². The van der Waals surface area contributed by atoms with Crippen LogP contribution in [-0.2, 0) is 14.3 Å². The molecular formula is C15H26N2O3. The molecular weight excluding hydrogens is 256 g/mol. The second kappa shape index (κ2) is 7.62. The fourth-order valence-corrected chi connectivity index (χ4v) is 3.11. The quantitative estimate of drug-likeness (QED) is 0.764. The summed E-state index contributed by atoms with van der Waals surface area (Å²) in [4.78, 5) is 23.8. The molecule has 1 heterocycles. The minimum Gasteiger partial charge on any atom is -0.466 e. The summed E-state index contributed by atoms with van der Waals surface area (Å²) in [5.74, 6) is 0.0754. The number of ether oxygens (including phenoxy) is 1. The first-order valence-corrected chi connectivity index (χ1v) is 7.91. The van der Waals surface area contributed by atoms with Crippen molar-refractivity contribution in [3.05, 3.63) is 0 Å². The van der Waals surface area contributed by atoms with Gasteiger partial charge in [0.25, 0.3) is 0 Å². The Labute approximate surface area is 120 Å². The van der Waals surface area contributed by atoms with Crippen LogP contribution in [0.3, 0.4) is 0 Å². The summed E-state index contributed by atoms with van der Waals surface area (Å²) >= 11 is 0. The molecule has 2 fully saturated rings. The van der Waals surface area contributed by atoms with Crippen LogP contribution in [0.25, 0.3) is 0 Å². The van der Waals surface area contributed by atoms with E-state index in [0.29, 0.717) is 6.61 Å². The van der Waals surface area contributed by atoms with E-state index in [1.165, 1.54) is 0 Å². The lowest BCUT2D eigenvalue weighted by Crippen LogP contribution is -2.50. The molecule has 1 aliphatic carbocycles. The van der Waals surface area contributed by atoms with Gasteiger partial charge in [0.15, 0.2) is 0 Å². The van der Waals surface area contributed by atoms with Gasteiger partial charge in [-0.15, -0.1) is 0 Å². The Kier molecular flexibility index (Phi) is 5.83. The SMILES string of the molecule is CCOC(=O)C1CCC(NC(=O)[C@@H]2CCCCN2)CC1. The first kappa shape index (κ1) is 15.3. The molecule has 20 heavy (non-hydrogen) atoms. The standard InChI is InChI=1S/C15H26N2O3/c1-2-20-15(19)11-6-8-12(9-7-11)17-14(18)13-5-3-4-10-16-13/h11-13,16H,2-10H2,1H3,(H,17,18)/t11?,12?,13-/m0/s1. The van der Waals surface area contributed by atoms with E-state index in [-0.39, 0.29) is 29.9 Å². The van der Waals surface area contributed by atoms with Crippen LogP contribution in [0.1, 0.15) is 51.9 Å². The van der Waals surface area contributed by atoms with Crippen LogP contribution in [0.2, 0.25) is 0 Å². The van der Waals surface area contributed by atoms with Gasteiger partial charge in [-0.3, -0.25) is 9.59 Å². The molecule has 2 aliphatic rings. The van der Waals surface area contributed by atoms with Gasteiger partial charge < -0.3 is 15.4 Å². The predicted octanol–water partition coefficient (Wildman–Crippen LogP) is 1.37. The van der Waals surface area contributed by atoms with Gasteiger partial charge in [-0.2, -0.15) is 0 Å². The second-order valence-electron chi connectivity index (χ2n) is 5.81. The van der Waals surface area contributed by atoms with Crippen LogP contribution in [0.4, 0.5) is 0 Å². The summed E-state index contributed by atoms with van der Waals surface area (Å²) in [5, 5.41) is 6.39. The fraction of sp³-hybridized carbons (Fsp3) is 0.867. The third-order valence-corrected chi connectivity index (χ3v) is 4.32. The van der Waals surface area contributed by atoms with Gasteiger partial charge in [-0.1, -0.05) is 6.42 Å². The summed E-state index contributed by atoms with van der Waals surface area (Å²) in [5.41, 5.74) is 0. The van der Waals surface area contributed by atoms with Crippen molar-refractivity contribution in [1.29, 1.82) is 0 Å². The third kappa shape index (κ3) is 4.20. The van der Waals surface area contributed by atoms with Crippen LogP contribution in [0, 0.1) is 5.92 Å². The Hall–Kier alpha value is -1.10. The Balaban J connectivity index is 1.71. The topological polar surface area (TPSA) is 67.4 Å². The maximum atomic E-state index is 12.1. The zero-order chi connectivity index (χ0) is 14.4. The van der Waals surface area contributed by atoms with Gasteiger partial charge in [0.1, 0.15) is 0 Å². The number of carbonyl (C=O) groups excluding carboxylic acids is 2. The smallest absolute Gasteiger partial charge is 0.308 e. The van der Waals surface area contributed by atoms with Gasteiger partial charge in [-0.25, -0.2) is 0 Å². The number of amides is 1. The molecule has 1 saturated carbocycles. The molecule has 0 unspecified atom stereocenters. The normalized spacial score (nSPS) is 30.6. The zero-order valence-corrected chi connectivity index (χ0v) is 12.3. The molecule has 1 aliphatic heterocycles. The molecule has 0 aromatic heterocycles. The van der Waals surface area contributed by atoms with Crippen molar-refractivity contribution in [3.8, 4) is 0 Å². The van der Waals surface area contributed by atoms with Crippen LogP contribution in [0.15, 0.2) is 0 Å². The van der Waals surface area contributed by atoms with Crippen LogP contribution in [-0.4, -0.2) is 37.1 Å². The molecule has 0 spiro atoms. The van der Waals surface area contributed by atoms with Gasteiger partial charge in [0, 0.05) is 6.04 Å². The number of carbonyl (C=O) groups is 2. The maximum Gasteiger partial charge on any atom is 0.308 e. The largest absolute Gasteiger partial charge is 0.466 e. The van der Waals surface area contributed by atoms with E-state index >= 15 is 0 Å². The van der Waals surface area contributed by atoms with E-state index in [1.54, 1.807) is 0 Å². The predicted molar refractivity (Wildman–Crippen MR) is 76.2 cm³/mol. The van der Waals surface area contributed by atoms with Gasteiger partial charge in [0.05, 0.1) is 18.6 Å². The van der Waals surface area contributed by atoms with Crippen molar-refractivity contribution in [2.24, 2.45) is 5.92 Å². The van der Waals surface area contributed by atoms with Crippen molar-refractivity contribution in [1.82, 2.24) is 10.6 Å². The lowest BCUT2D eigenvalue weighted by atomic mass is 9.86. The highest BCUT2D eigenvalue weighted by molar-refractivity contribution is 5.82. The minimum absolute atomic E-state index is 0.0217. The van der Waals surface area contributed by atoms with Crippen molar-refractivity contribution in [2.45, 2.75) is 64.0 Å².